The summed E-state index contributed by atoms with van der Waals surface area (Å²) in [4.78, 5) is 0. The van der Waals surface area contributed by atoms with Crippen LogP contribution in [0.1, 0.15) is 35.5 Å². The van der Waals surface area contributed by atoms with E-state index in [9.17, 15) is 0 Å². The summed E-state index contributed by atoms with van der Waals surface area (Å²) in [5.74, 6) is 2.45. The maximum Gasteiger partial charge on any atom is 0.0665 e. The van der Waals surface area contributed by atoms with Crippen molar-refractivity contribution in [3.05, 3.63) is 35.4 Å². The topological polar surface area (TPSA) is 0 Å². The van der Waals surface area contributed by atoms with Crippen molar-refractivity contribution in [3.8, 4) is 0 Å². The summed E-state index contributed by atoms with van der Waals surface area (Å²) in [6, 6.07) is 9.56. The summed E-state index contributed by atoms with van der Waals surface area (Å²) in [7, 11) is 0. The van der Waals surface area contributed by atoms with Crippen LogP contribution >= 0.6 is 95.8 Å². The number of hydrogen-bond acceptors (Lipinski definition) is 8. The van der Waals surface area contributed by atoms with Crippen molar-refractivity contribution in [2.45, 2.75) is 54.5 Å². The Morgan fingerprint density at radius 3 is 1.39 bits per heavy atom. The predicted molar refractivity (Wildman–Crippen MR) is 151 cm³/mol. The molecule has 0 saturated carbocycles. The Morgan fingerprint density at radius 2 is 1.14 bits per heavy atom. The summed E-state index contributed by atoms with van der Waals surface area (Å²) < 4.78 is 1.27. The van der Waals surface area contributed by atoms with E-state index in [1.807, 2.05) is 23.5 Å². The van der Waals surface area contributed by atoms with E-state index in [0.717, 1.165) is 0 Å². The number of thioether (sulfide) groups is 6. The van der Waals surface area contributed by atoms with Crippen molar-refractivity contribution < 1.29 is 0 Å². The summed E-state index contributed by atoms with van der Waals surface area (Å²) >= 11 is 21.8. The summed E-state index contributed by atoms with van der Waals surface area (Å²) in [5.41, 5.74) is 2.95. The number of rotatable bonds is 8. The molecule has 1 aromatic rings. The first-order valence-corrected chi connectivity index (χ1v) is 17.1. The largest absolute Gasteiger partial charge is 0.175 e. The first kappa shape index (κ1) is 24.7. The van der Waals surface area contributed by atoms with Crippen LogP contribution in [-0.2, 0) is 0 Å². The summed E-state index contributed by atoms with van der Waals surface area (Å²) in [5, 5.41) is 3.40. The van der Waals surface area contributed by atoms with Crippen LogP contribution in [0.25, 0.3) is 0 Å². The lowest BCUT2D eigenvalue weighted by Crippen LogP contribution is -2.14. The van der Waals surface area contributed by atoms with Gasteiger partial charge in [0.1, 0.15) is 0 Å². The first-order valence-electron chi connectivity index (χ1n) is 9.50. The molecule has 8 heteroatoms. The molecule has 2 aliphatic rings. The van der Waals surface area contributed by atoms with Gasteiger partial charge in [-0.2, -0.15) is 48.8 Å². The molecule has 3 rings (SSSR count). The lowest BCUT2D eigenvalue weighted by atomic mass is 10.1. The van der Waals surface area contributed by atoms with E-state index >= 15 is 0 Å². The third-order valence-corrected chi connectivity index (χ3v) is 16.2. The molecule has 2 heterocycles. The molecule has 0 radical (unpaired) electrons. The highest BCUT2D eigenvalue weighted by atomic mass is 32.2. The molecule has 0 aromatic heterocycles. The van der Waals surface area contributed by atoms with Gasteiger partial charge in [-0.3, -0.25) is 0 Å². The molecule has 2 saturated heterocycles. The average molecular weight is 527 g/mol. The Morgan fingerprint density at radius 1 is 0.786 bits per heavy atom. The van der Waals surface area contributed by atoms with Gasteiger partial charge in [0.2, 0.25) is 0 Å². The average Bonchev–Trinajstić information content (AvgIpc) is 3.34. The van der Waals surface area contributed by atoms with Crippen LogP contribution in [0.4, 0.5) is 0 Å². The van der Waals surface area contributed by atoms with Crippen molar-refractivity contribution in [1.29, 1.82) is 0 Å². The van der Waals surface area contributed by atoms with Gasteiger partial charge in [-0.1, -0.05) is 38.1 Å². The molecular formula is C20H30S8. The van der Waals surface area contributed by atoms with E-state index in [1.54, 1.807) is 0 Å². The Balaban J connectivity index is 1.68. The van der Waals surface area contributed by atoms with E-state index in [-0.39, 0.29) is 0 Å². The smallest absolute Gasteiger partial charge is 0.0665 e. The van der Waals surface area contributed by atoms with Gasteiger partial charge in [0.15, 0.2) is 0 Å². The van der Waals surface area contributed by atoms with Gasteiger partial charge in [-0.15, -0.1) is 47.0 Å². The lowest BCUT2D eigenvalue weighted by molar-refractivity contribution is 0.951. The first-order chi connectivity index (χ1) is 13.4. The fourth-order valence-electron chi connectivity index (χ4n) is 3.39. The standard InChI is InChI=1S/C20H30S8/c1-11(21)15-9-25-19(27-15)17(23-3)13-5-7-14(8-6-13)18(24-4)20-26-10-16(28-20)12(2)22/h5-8,11-12,15-22H,9-10H2,1-4H3. The minimum Gasteiger partial charge on any atom is -0.175 e. The van der Waals surface area contributed by atoms with Crippen molar-refractivity contribution >= 4 is 95.8 Å². The second-order valence-electron chi connectivity index (χ2n) is 7.21. The van der Waals surface area contributed by atoms with Crippen LogP contribution in [-0.4, -0.2) is 54.2 Å². The lowest BCUT2D eigenvalue weighted by Gasteiger charge is -2.24. The molecule has 1 aromatic carbocycles. The van der Waals surface area contributed by atoms with Gasteiger partial charge >= 0.3 is 0 Å². The molecular weight excluding hydrogens is 497 g/mol. The quantitative estimate of drug-likeness (QED) is 0.335. The van der Waals surface area contributed by atoms with Gasteiger partial charge in [0.25, 0.3) is 0 Å². The van der Waals surface area contributed by atoms with Crippen LogP contribution in [0.5, 0.6) is 0 Å². The highest BCUT2D eigenvalue weighted by Crippen LogP contribution is 2.52. The molecule has 0 bridgehead atoms. The van der Waals surface area contributed by atoms with Crippen molar-refractivity contribution in [3.63, 3.8) is 0 Å². The molecule has 0 N–H and O–H groups in total. The monoisotopic (exact) mass is 526 g/mol. The third kappa shape index (κ3) is 6.08. The van der Waals surface area contributed by atoms with Crippen molar-refractivity contribution in [2.24, 2.45) is 0 Å². The van der Waals surface area contributed by atoms with Crippen molar-refractivity contribution in [2.75, 3.05) is 24.0 Å². The van der Waals surface area contributed by atoms with Crippen LogP contribution in [0.15, 0.2) is 24.3 Å². The summed E-state index contributed by atoms with van der Waals surface area (Å²) in [6.07, 6.45) is 4.51. The summed E-state index contributed by atoms with van der Waals surface area (Å²) in [6.45, 7) is 4.46. The molecule has 0 nitrogen and oxygen atoms in total. The highest BCUT2D eigenvalue weighted by Gasteiger charge is 2.36. The zero-order valence-corrected chi connectivity index (χ0v) is 23.4. The van der Waals surface area contributed by atoms with E-state index in [2.05, 4.69) is 123 Å². The Bertz CT molecular complexity index is 552. The number of benzene rings is 1. The molecule has 2 fully saturated rings. The predicted octanol–water partition coefficient (Wildman–Crippen LogP) is 7.48. The Labute approximate surface area is 208 Å². The third-order valence-electron chi connectivity index (χ3n) is 5.14. The van der Waals surface area contributed by atoms with E-state index < -0.39 is 0 Å². The number of hydrogen-bond donors (Lipinski definition) is 2. The molecule has 8 atom stereocenters. The van der Waals surface area contributed by atoms with Crippen molar-refractivity contribution in [1.82, 2.24) is 0 Å². The second kappa shape index (κ2) is 11.8. The van der Waals surface area contributed by atoms with Gasteiger partial charge < -0.3 is 0 Å². The molecule has 0 aliphatic carbocycles. The van der Waals surface area contributed by atoms with E-state index in [0.29, 0.717) is 40.7 Å². The van der Waals surface area contributed by atoms with Gasteiger partial charge in [0, 0.05) is 32.5 Å². The fourth-order valence-corrected chi connectivity index (χ4v) is 14.6. The SMILES string of the molecule is CSC(c1ccc(C(SC)C2SCC(C(C)S)S2)cc1)C1SCC(C(C)S)S1. The Kier molecular flexibility index (Phi) is 10.4. The van der Waals surface area contributed by atoms with Gasteiger partial charge in [-0.05, 0) is 23.6 Å². The molecule has 0 spiro atoms. The van der Waals surface area contributed by atoms with Gasteiger partial charge in [-0.25, -0.2) is 0 Å². The fraction of sp³-hybridized carbons (Fsp3) is 0.700. The van der Waals surface area contributed by atoms with Gasteiger partial charge in [0.05, 0.1) is 19.7 Å². The van der Waals surface area contributed by atoms with E-state index in [1.165, 1.54) is 22.6 Å². The maximum atomic E-state index is 4.67. The molecule has 2 aliphatic heterocycles. The Hall–Kier alpha value is 2.02. The maximum absolute atomic E-state index is 4.67. The highest BCUT2D eigenvalue weighted by molar-refractivity contribution is 8.22. The zero-order chi connectivity index (χ0) is 20.3. The second-order valence-corrected chi connectivity index (χ2v) is 16.5. The molecule has 28 heavy (non-hydrogen) atoms. The zero-order valence-electron chi connectivity index (χ0n) is 16.7. The van der Waals surface area contributed by atoms with E-state index in [4.69, 9.17) is 0 Å². The van der Waals surface area contributed by atoms with Crippen LogP contribution in [0.2, 0.25) is 0 Å². The normalized spacial score (nSPS) is 32.2. The molecule has 8 unspecified atom stereocenters. The number of thiol groups is 2. The minimum atomic E-state index is 0.472. The van der Waals surface area contributed by atoms with Crippen LogP contribution in [0, 0.1) is 0 Å². The van der Waals surface area contributed by atoms with Crippen LogP contribution in [0.3, 0.4) is 0 Å². The minimum absolute atomic E-state index is 0.472. The van der Waals surface area contributed by atoms with Crippen LogP contribution < -0.4 is 0 Å². The molecule has 0 amide bonds. The molecule has 158 valence electrons.